The minimum absolute atomic E-state index is 0.0244. The molecule has 3 heterocycles. The molecule has 0 fully saturated rings. The van der Waals surface area contributed by atoms with E-state index in [1.165, 1.54) is 16.2 Å². The molecule has 0 unspecified atom stereocenters. The largest absolute Gasteiger partial charge is 0.396 e. The van der Waals surface area contributed by atoms with Crippen molar-refractivity contribution in [2.45, 2.75) is 6.42 Å². The van der Waals surface area contributed by atoms with Crippen LogP contribution >= 0.6 is 22.7 Å². The van der Waals surface area contributed by atoms with Crippen molar-refractivity contribution < 1.29 is 9.90 Å². The number of hydrogen-bond acceptors (Lipinski definition) is 5. The lowest BCUT2D eigenvalue weighted by atomic mass is 10.1. The van der Waals surface area contributed by atoms with E-state index in [1.807, 2.05) is 33.5 Å². The summed E-state index contributed by atoms with van der Waals surface area (Å²) < 4.78 is 1.83. The van der Waals surface area contributed by atoms with E-state index < -0.39 is 0 Å². The van der Waals surface area contributed by atoms with Gasteiger partial charge in [-0.25, -0.2) is 4.98 Å². The summed E-state index contributed by atoms with van der Waals surface area (Å²) in [5.74, 6) is -0.174. The number of fused-ring (bicyclic) bond motifs is 1. The number of aromatic nitrogens is 2. The SMILES string of the molecule is O=C(NC[C@@H](CO)Cc1cccs1)c1cn2ccsc2n1. The van der Waals surface area contributed by atoms with Gasteiger partial charge in [-0.05, 0) is 17.9 Å². The quantitative estimate of drug-likeness (QED) is 0.730. The molecule has 5 nitrogen and oxygen atoms in total. The lowest BCUT2D eigenvalue weighted by Gasteiger charge is -2.13. The molecule has 0 saturated carbocycles. The summed E-state index contributed by atoms with van der Waals surface area (Å²) in [6.07, 6.45) is 4.36. The van der Waals surface area contributed by atoms with Crippen LogP contribution < -0.4 is 5.32 Å². The molecule has 2 N–H and O–H groups in total. The van der Waals surface area contributed by atoms with E-state index in [0.717, 1.165) is 11.4 Å². The number of carbonyl (C=O) groups is 1. The summed E-state index contributed by atoms with van der Waals surface area (Å²) in [5, 5.41) is 16.2. The Hall–Kier alpha value is -1.70. The normalized spacial score (nSPS) is 12.6. The van der Waals surface area contributed by atoms with Crippen LogP contribution in [0, 0.1) is 5.92 Å². The zero-order chi connectivity index (χ0) is 14.7. The number of thiophene rings is 1. The Labute approximate surface area is 129 Å². The summed E-state index contributed by atoms with van der Waals surface area (Å²) in [6, 6.07) is 4.03. The summed E-state index contributed by atoms with van der Waals surface area (Å²) in [6.45, 7) is 0.495. The molecule has 0 bridgehead atoms. The summed E-state index contributed by atoms with van der Waals surface area (Å²) in [4.78, 5) is 18.4. The van der Waals surface area contributed by atoms with Gasteiger partial charge < -0.3 is 10.4 Å². The number of carbonyl (C=O) groups excluding carboxylic acids is 1. The molecule has 0 spiro atoms. The summed E-state index contributed by atoms with van der Waals surface area (Å²) >= 11 is 3.15. The molecule has 7 heteroatoms. The second kappa shape index (κ2) is 6.38. The highest BCUT2D eigenvalue weighted by atomic mass is 32.1. The Morgan fingerprint density at radius 3 is 3.05 bits per heavy atom. The van der Waals surface area contributed by atoms with Gasteiger partial charge in [-0.2, -0.15) is 0 Å². The molecule has 0 aliphatic heterocycles. The average Bonchev–Trinajstić information content (AvgIpc) is 3.18. The number of amides is 1. The van der Waals surface area contributed by atoms with Gasteiger partial charge in [0.05, 0.1) is 0 Å². The van der Waals surface area contributed by atoms with Gasteiger partial charge in [-0.15, -0.1) is 22.7 Å². The Bertz CT molecular complexity index is 689. The fraction of sp³-hybridized carbons (Fsp3) is 0.286. The van der Waals surface area contributed by atoms with Gasteiger partial charge in [-0.1, -0.05) is 6.07 Å². The first-order valence-electron chi connectivity index (χ1n) is 6.60. The molecule has 3 rings (SSSR count). The maximum Gasteiger partial charge on any atom is 0.271 e. The maximum absolute atomic E-state index is 12.1. The third-order valence-electron chi connectivity index (χ3n) is 3.21. The van der Waals surface area contributed by atoms with Crippen molar-refractivity contribution in [2.75, 3.05) is 13.2 Å². The van der Waals surface area contributed by atoms with Gasteiger partial charge in [0, 0.05) is 41.7 Å². The predicted molar refractivity (Wildman–Crippen MR) is 84.0 cm³/mol. The monoisotopic (exact) mass is 321 g/mol. The molecule has 3 aromatic rings. The second-order valence-electron chi connectivity index (χ2n) is 4.76. The fourth-order valence-electron chi connectivity index (χ4n) is 2.08. The Morgan fingerprint density at radius 2 is 2.33 bits per heavy atom. The fourth-order valence-corrected chi connectivity index (χ4v) is 3.60. The Morgan fingerprint density at radius 1 is 1.43 bits per heavy atom. The predicted octanol–water partition coefficient (Wildman–Crippen LogP) is 2.04. The zero-order valence-corrected chi connectivity index (χ0v) is 12.9. The minimum Gasteiger partial charge on any atom is -0.396 e. The molecule has 0 aliphatic rings. The lowest BCUT2D eigenvalue weighted by molar-refractivity contribution is 0.0935. The molecular formula is C14H15N3O2S2. The van der Waals surface area contributed by atoms with E-state index in [2.05, 4.69) is 10.3 Å². The van der Waals surface area contributed by atoms with Crippen molar-refractivity contribution in [2.24, 2.45) is 5.92 Å². The first-order valence-corrected chi connectivity index (χ1v) is 8.36. The van der Waals surface area contributed by atoms with Crippen LogP contribution in [0.3, 0.4) is 0 Å². The van der Waals surface area contributed by atoms with Crippen molar-refractivity contribution in [3.05, 3.63) is 45.9 Å². The Kier molecular flexibility index (Phi) is 4.33. The van der Waals surface area contributed by atoms with Crippen LogP contribution in [0.4, 0.5) is 0 Å². The number of hydrogen-bond donors (Lipinski definition) is 2. The lowest BCUT2D eigenvalue weighted by Crippen LogP contribution is -2.31. The third-order valence-corrected chi connectivity index (χ3v) is 4.87. The molecule has 0 radical (unpaired) electrons. The zero-order valence-electron chi connectivity index (χ0n) is 11.2. The highest BCUT2D eigenvalue weighted by Crippen LogP contribution is 2.14. The highest BCUT2D eigenvalue weighted by Gasteiger charge is 2.14. The molecule has 1 atom stereocenters. The smallest absolute Gasteiger partial charge is 0.271 e. The number of nitrogens with one attached hydrogen (secondary N) is 1. The number of imidazole rings is 1. The van der Waals surface area contributed by atoms with Crippen molar-refractivity contribution in [3.8, 4) is 0 Å². The van der Waals surface area contributed by atoms with Crippen LogP contribution in [0.25, 0.3) is 4.96 Å². The number of thiazole rings is 1. The molecule has 21 heavy (non-hydrogen) atoms. The van der Waals surface area contributed by atoms with Gasteiger partial charge in [0.1, 0.15) is 5.69 Å². The van der Waals surface area contributed by atoms with Crippen LogP contribution in [0.15, 0.2) is 35.3 Å². The first kappa shape index (κ1) is 14.2. The molecule has 0 saturated heterocycles. The standard InChI is InChI=1S/C14H15N3O2S2/c18-9-10(6-11-2-1-4-20-11)7-15-13(19)12-8-17-3-5-21-14(17)16-12/h1-5,8,10,18H,6-7,9H2,(H,15,19)/t10-/m0/s1. The number of nitrogens with zero attached hydrogens (tertiary/aromatic N) is 2. The van der Waals surface area contributed by atoms with E-state index in [-0.39, 0.29) is 18.4 Å². The summed E-state index contributed by atoms with van der Waals surface area (Å²) in [7, 11) is 0. The molecule has 0 aromatic carbocycles. The highest BCUT2D eigenvalue weighted by molar-refractivity contribution is 7.15. The number of rotatable bonds is 6. The Balaban J connectivity index is 1.57. The number of aliphatic hydroxyl groups excluding tert-OH is 1. The van der Waals surface area contributed by atoms with E-state index in [1.54, 1.807) is 17.5 Å². The van der Waals surface area contributed by atoms with E-state index in [0.29, 0.717) is 12.2 Å². The maximum atomic E-state index is 12.1. The van der Waals surface area contributed by atoms with E-state index in [9.17, 15) is 9.90 Å². The van der Waals surface area contributed by atoms with E-state index >= 15 is 0 Å². The van der Waals surface area contributed by atoms with Gasteiger partial charge in [0.15, 0.2) is 4.96 Å². The van der Waals surface area contributed by atoms with Crippen molar-refractivity contribution in [1.82, 2.24) is 14.7 Å². The van der Waals surface area contributed by atoms with Crippen LogP contribution in [-0.2, 0) is 6.42 Å². The van der Waals surface area contributed by atoms with Crippen LogP contribution in [0.5, 0.6) is 0 Å². The molecular weight excluding hydrogens is 306 g/mol. The van der Waals surface area contributed by atoms with Crippen LogP contribution in [0.2, 0.25) is 0 Å². The third kappa shape index (κ3) is 3.31. The molecule has 110 valence electrons. The van der Waals surface area contributed by atoms with Crippen molar-refractivity contribution in [3.63, 3.8) is 0 Å². The topological polar surface area (TPSA) is 66.6 Å². The first-order chi connectivity index (χ1) is 10.3. The second-order valence-corrected chi connectivity index (χ2v) is 6.67. The van der Waals surface area contributed by atoms with E-state index in [4.69, 9.17) is 0 Å². The average molecular weight is 321 g/mol. The van der Waals surface area contributed by atoms with Gasteiger partial charge in [-0.3, -0.25) is 9.20 Å². The van der Waals surface area contributed by atoms with Gasteiger partial charge >= 0.3 is 0 Å². The molecule has 3 aromatic heterocycles. The molecule has 0 aliphatic carbocycles. The minimum atomic E-state index is -0.199. The van der Waals surface area contributed by atoms with Crippen LogP contribution in [0.1, 0.15) is 15.4 Å². The van der Waals surface area contributed by atoms with Gasteiger partial charge in [0.25, 0.3) is 5.91 Å². The van der Waals surface area contributed by atoms with Crippen molar-refractivity contribution >= 4 is 33.5 Å². The van der Waals surface area contributed by atoms with Crippen molar-refractivity contribution in [1.29, 1.82) is 0 Å². The van der Waals surface area contributed by atoms with Gasteiger partial charge in [0.2, 0.25) is 0 Å². The van der Waals surface area contributed by atoms with Crippen LogP contribution in [-0.4, -0.2) is 33.6 Å². The number of aliphatic hydroxyl groups is 1. The summed E-state index contributed by atoms with van der Waals surface area (Å²) in [5.41, 5.74) is 0.412. The molecule has 1 amide bonds.